The molecule has 1 fully saturated rings. The lowest BCUT2D eigenvalue weighted by molar-refractivity contribution is -0.125. The minimum Gasteiger partial charge on any atom is -0.378 e. The van der Waals surface area contributed by atoms with Gasteiger partial charge in [0.15, 0.2) is 0 Å². The van der Waals surface area contributed by atoms with Gasteiger partial charge in [0.25, 0.3) is 0 Å². The molecule has 13 heavy (non-hydrogen) atoms. The summed E-state index contributed by atoms with van der Waals surface area (Å²) < 4.78 is 5.33. The second kappa shape index (κ2) is 4.96. The molecular weight excluding hydrogens is 234 g/mol. The molecule has 0 saturated carbocycles. The van der Waals surface area contributed by atoms with Crippen molar-refractivity contribution in [3.8, 4) is 0 Å². The summed E-state index contributed by atoms with van der Waals surface area (Å²) in [4.78, 5) is 11.5. The lowest BCUT2D eigenvalue weighted by Gasteiger charge is -2.13. The molecular formula is C9H16BrNO2. The van der Waals surface area contributed by atoms with Gasteiger partial charge in [-0.1, -0.05) is 15.9 Å². The molecule has 76 valence electrons. The molecule has 0 bridgehead atoms. The van der Waals surface area contributed by atoms with Crippen molar-refractivity contribution in [1.82, 2.24) is 5.32 Å². The quantitative estimate of drug-likeness (QED) is 0.767. The van der Waals surface area contributed by atoms with Crippen molar-refractivity contribution in [1.29, 1.82) is 0 Å². The van der Waals surface area contributed by atoms with Crippen LogP contribution < -0.4 is 5.32 Å². The molecule has 0 aromatic rings. The summed E-state index contributed by atoms with van der Waals surface area (Å²) in [5.74, 6) is 0.174. The Hall–Kier alpha value is -0.0900. The summed E-state index contributed by atoms with van der Waals surface area (Å²) in [6.07, 6.45) is 1.08. The van der Waals surface area contributed by atoms with Gasteiger partial charge in [0.2, 0.25) is 5.91 Å². The van der Waals surface area contributed by atoms with Crippen molar-refractivity contribution in [3.63, 3.8) is 0 Å². The van der Waals surface area contributed by atoms with Gasteiger partial charge < -0.3 is 10.1 Å². The Labute approximate surface area is 87.3 Å². The molecule has 1 aliphatic rings. The molecule has 1 aliphatic heterocycles. The van der Waals surface area contributed by atoms with E-state index in [1.807, 2.05) is 13.8 Å². The number of carbonyl (C=O) groups excluding carboxylic acids is 1. The van der Waals surface area contributed by atoms with Crippen LogP contribution in [0.3, 0.4) is 0 Å². The van der Waals surface area contributed by atoms with E-state index in [0.29, 0.717) is 6.61 Å². The fourth-order valence-corrected chi connectivity index (χ4v) is 1.56. The number of carbonyl (C=O) groups is 1. The van der Waals surface area contributed by atoms with Crippen LogP contribution in [0.1, 0.15) is 20.3 Å². The van der Waals surface area contributed by atoms with Gasteiger partial charge in [-0.25, -0.2) is 0 Å². The van der Waals surface area contributed by atoms with Crippen molar-refractivity contribution in [2.45, 2.75) is 32.4 Å². The zero-order chi connectivity index (χ0) is 9.84. The van der Waals surface area contributed by atoms with E-state index < -0.39 is 0 Å². The number of hydrogen-bond acceptors (Lipinski definition) is 2. The number of ether oxygens (including phenoxy) is 1. The van der Waals surface area contributed by atoms with Crippen molar-refractivity contribution in [2.75, 3.05) is 11.9 Å². The predicted octanol–water partition coefficient (Wildman–Crippen LogP) is 1.31. The van der Waals surface area contributed by atoms with Gasteiger partial charge in [-0.15, -0.1) is 0 Å². The van der Waals surface area contributed by atoms with E-state index in [9.17, 15) is 4.79 Å². The summed E-state index contributed by atoms with van der Waals surface area (Å²) in [6.45, 7) is 4.55. The zero-order valence-electron chi connectivity index (χ0n) is 8.05. The summed E-state index contributed by atoms with van der Waals surface area (Å²) in [7, 11) is 0. The maximum atomic E-state index is 11.5. The molecule has 3 atom stereocenters. The first kappa shape index (κ1) is 11.0. The van der Waals surface area contributed by atoms with Gasteiger partial charge in [-0.2, -0.15) is 0 Å². The number of hydrogen-bond donors (Lipinski definition) is 1. The SMILES string of the molecule is CC(CBr)NC(=O)C1COC(C)C1. The third kappa shape index (κ3) is 3.27. The topological polar surface area (TPSA) is 38.3 Å². The summed E-state index contributed by atoms with van der Waals surface area (Å²) in [5, 5.41) is 3.72. The monoisotopic (exact) mass is 249 g/mol. The van der Waals surface area contributed by atoms with Crippen molar-refractivity contribution in [3.05, 3.63) is 0 Å². The van der Waals surface area contributed by atoms with E-state index in [-0.39, 0.29) is 24.0 Å². The average molecular weight is 250 g/mol. The highest BCUT2D eigenvalue weighted by Crippen LogP contribution is 2.19. The van der Waals surface area contributed by atoms with E-state index in [0.717, 1.165) is 11.8 Å². The van der Waals surface area contributed by atoms with E-state index in [1.165, 1.54) is 0 Å². The number of nitrogens with one attached hydrogen (secondary N) is 1. The van der Waals surface area contributed by atoms with Crippen molar-refractivity contribution < 1.29 is 9.53 Å². The number of rotatable bonds is 3. The highest BCUT2D eigenvalue weighted by atomic mass is 79.9. The molecule has 0 aliphatic carbocycles. The lowest BCUT2D eigenvalue weighted by Crippen LogP contribution is -2.38. The Kier molecular flexibility index (Phi) is 4.19. The minimum absolute atomic E-state index is 0.0523. The molecule has 0 aromatic heterocycles. The largest absolute Gasteiger partial charge is 0.378 e. The first-order valence-corrected chi connectivity index (χ1v) is 5.73. The van der Waals surface area contributed by atoms with Crippen LogP contribution in [0, 0.1) is 5.92 Å². The van der Waals surface area contributed by atoms with Gasteiger partial charge in [0.1, 0.15) is 0 Å². The first-order chi connectivity index (χ1) is 6.13. The standard InChI is InChI=1S/C9H16BrNO2/c1-6(4-10)11-9(12)8-3-7(2)13-5-8/h6-8H,3-5H2,1-2H3,(H,11,12). The van der Waals surface area contributed by atoms with Crippen LogP contribution in [0.4, 0.5) is 0 Å². The third-order valence-corrected chi connectivity index (χ3v) is 3.16. The Morgan fingerprint density at radius 3 is 2.92 bits per heavy atom. The highest BCUT2D eigenvalue weighted by Gasteiger charge is 2.28. The van der Waals surface area contributed by atoms with E-state index >= 15 is 0 Å². The predicted molar refractivity (Wildman–Crippen MR) is 54.9 cm³/mol. The van der Waals surface area contributed by atoms with Crippen LogP contribution in [0.15, 0.2) is 0 Å². The van der Waals surface area contributed by atoms with E-state index in [1.54, 1.807) is 0 Å². The molecule has 4 heteroatoms. The third-order valence-electron chi connectivity index (χ3n) is 2.19. The molecule has 3 unspecified atom stereocenters. The molecule has 1 amide bonds. The van der Waals surface area contributed by atoms with Gasteiger partial charge in [0.05, 0.1) is 18.6 Å². The Morgan fingerprint density at radius 1 is 1.77 bits per heavy atom. The number of halogens is 1. The molecule has 1 heterocycles. The summed E-state index contributed by atoms with van der Waals surface area (Å²) in [5.41, 5.74) is 0. The van der Waals surface area contributed by atoms with Crippen molar-refractivity contribution in [2.24, 2.45) is 5.92 Å². The Balaban J connectivity index is 2.31. The Morgan fingerprint density at radius 2 is 2.46 bits per heavy atom. The normalized spacial score (nSPS) is 30.1. The number of amides is 1. The van der Waals surface area contributed by atoms with E-state index in [4.69, 9.17) is 4.74 Å². The smallest absolute Gasteiger partial charge is 0.225 e. The fraction of sp³-hybridized carbons (Fsp3) is 0.889. The Bertz CT molecular complexity index is 186. The second-order valence-electron chi connectivity index (χ2n) is 3.64. The van der Waals surface area contributed by atoms with Crippen LogP contribution in [-0.4, -0.2) is 30.0 Å². The van der Waals surface area contributed by atoms with Crippen LogP contribution in [0.25, 0.3) is 0 Å². The minimum atomic E-state index is 0.0523. The zero-order valence-corrected chi connectivity index (χ0v) is 9.63. The summed E-state index contributed by atoms with van der Waals surface area (Å²) in [6, 6.07) is 0.198. The summed E-state index contributed by atoms with van der Waals surface area (Å²) >= 11 is 3.32. The molecule has 0 spiro atoms. The van der Waals surface area contributed by atoms with Gasteiger partial charge >= 0.3 is 0 Å². The molecule has 1 rings (SSSR count). The van der Waals surface area contributed by atoms with Crippen molar-refractivity contribution >= 4 is 21.8 Å². The van der Waals surface area contributed by atoms with Crippen LogP contribution in [0.5, 0.6) is 0 Å². The molecule has 3 nitrogen and oxygen atoms in total. The molecule has 0 aromatic carbocycles. The second-order valence-corrected chi connectivity index (χ2v) is 4.29. The molecule has 1 N–H and O–H groups in total. The van der Waals surface area contributed by atoms with Crippen LogP contribution in [0.2, 0.25) is 0 Å². The first-order valence-electron chi connectivity index (χ1n) is 4.61. The number of alkyl halides is 1. The average Bonchev–Trinajstić information content (AvgIpc) is 2.51. The van der Waals surface area contributed by atoms with Gasteiger partial charge in [-0.05, 0) is 20.3 Å². The lowest BCUT2D eigenvalue weighted by atomic mass is 10.1. The van der Waals surface area contributed by atoms with Gasteiger partial charge in [-0.3, -0.25) is 4.79 Å². The van der Waals surface area contributed by atoms with Crippen LogP contribution >= 0.6 is 15.9 Å². The van der Waals surface area contributed by atoms with E-state index in [2.05, 4.69) is 21.2 Å². The molecule has 0 radical (unpaired) electrons. The maximum absolute atomic E-state index is 11.5. The maximum Gasteiger partial charge on any atom is 0.225 e. The van der Waals surface area contributed by atoms with Crippen LogP contribution in [-0.2, 0) is 9.53 Å². The highest BCUT2D eigenvalue weighted by molar-refractivity contribution is 9.09. The van der Waals surface area contributed by atoms with Gasteiger partial charge in [0, 0.05) is 11.4 Å². The molecule has 1 saturated heterocycles. The fourth-order valence-electron chi connectivity index (χ4n) is 1.40.